The summed E-state index contributed by atoms with van der Waals surface area (Å²) in [6, 6.07) is 4.74. The molecule has 0 saturated carbocycles. The number of carboxylic acid groups (broad SMARTS) is 1. The van der Waals surface area contributed by atoms with Crippen molar-refractivity contribution >= 4 is 28.4 Å². The van der Waals surface area contributed by atoms with E-state index >= 15 is 0 Å². The molecule has 0 radical (unpaired) electrons. The van der Waals surface area contributed by atoms with Gasteiger partial charge in [-0.15, -0.1) is 0 Å². The van der Waals surface area contributed by atoms with Crippen molar-refractivity contribution in [3.8, 4) is 22.3 Å². The largest absolute Gasteiger partial charge is 0.477 e. The molecule has 1 aliphatic carbocycles. The highest BCUT2D eigenvalue weighted by Crippen LogP contribution is 2.49. The van der Waals surface area contributed by atoms with Gasteiger partial charge in [-0.25, -0.2) is 14.2 Å². The number of benzene rings is 1. The van der Waals surface area contributed by atoms with E-state index in [1.54, 1.807) is 38.6 Å². The van der Waals surface area contributed by atoms with Crippen molar-refractivity contribution in [2.45, 2.75) is 12.5 Å². The van der Waals surface area contributed by atoms with Crippen molar-refractivity contribution in [1.29, 1.82) is 0 Å². The minimum atomic E-state index is -1.29. The number of likely N-dealkylation sites (N-methyl/N-ethyl adjacent to an activating group) is 1. The molecular weight excluding hydrogens is 527 g/mol. The number of anilines is 2. The van der Waals surface area contributed by atoms with Crippen LogP contribution in [0.25, 0.3) is 33.3 Å². The van der Waals surface area contributed by atoms with Gasteiger partial charge < -0.3 is 29.5 Å². The van der Waals surface area contributed by atoms with Crippen LogP contribution >= 0.6 is 0 Å². The van der Waals surface area contributed by atoms with E-state index in [0.29, 0.717) is 37.3 Å². The van der Waals surface area contributed by atoms with Gasteiger partial charge in [0.05, 0.1) is 29.5 Å². The zero-order valence-electron chi connectivity index (χ0n) is 23.4. The van der Waals surface area contributed by atoms with E-state index in [2.05, 4.69) is 20.1 Å². The molecule has 2 N–H and O–H groups in total. The monoisotopic (exact) mass is 558 g/mol. The third-order valence-electron chi connectivity index (χ3n) is 7.81. The molecule has 0 bridgehead atoms. The number of morpholine rings is 1. The number of hydrogen-bond donors (Lipinski definition) is 2. The summed E-state index contributed by atoms with van der Waals surface area (Å²) in [5, 5.41) is 12.9. The molecule has 1 saturated heterocycles. The van der Waals surface area contributed by atoms with Crippen LogP contribution in [0.15, 0.2) is 41.6 Å². The maximum absolute atomic E-state index is 14.9. The standard InChI is InChI=1S/C30H31FN6O4/c1-32-24-9-17(31)8-20-19(24)10-25-26(20)27(37-5-6-41-18(14-37)13-35(2)3)22(12-33-25)16-7-21-28(38)23(30(39)40)15-36(4)29(21)34-11-16/h7-9,11-12,15,18,32H,5-6,10,13-14H2,1-4H3,(H,39,40)/t18-/m0/s1. The predicted octanol–water partition coefficient (Wildman–Crippen LogP) is 3.21. The molecule has 6 rings (SSSR count). The van der Waals surface area contributed by atoms with Crippen molar-refractivity contribution in [2.75, 3.05) is 57.6 Å². The number of nitrogens with one attached hydrogen (secondary N) is 1. The summed E-state index contributed by atoms with van der Waals surface area (Å²) in [7, 11) is 7.44. The highest BCUT2D eigenvalue weighted by atomic mass is 19.1. The van der Waals surface area contributed by atoms with Crippen LogP contribution in [-0.2, 0) is 18.2 Å². The Hall–Kier alpha value is -4.35. The number of carboxylic acids is 1. The Kier molecular flexibility index (Phi) is 6.71. The maximum Gasteiger partial charge on any atom is 0.341 e. The van der Waals surface area contributed by atoms with Crippen LogP contribution in [0.4, 0.5) is 15.8 Å². The summed E-state index contributed by atoms with van der Waals surface area (Å²) in [6.45, 7) is 2.48. The van der Waals surface area contributed by atoms with Gasteiger partial charge in [-0.2, -0.15) is 0 Å². The number of aryl methyl sites for hydroxylation is 1. The number of hydrogen-bond acceptors (Lipinski definition) is 8. The van der Waals surface area contributed by atoms with Crippen molar-refractivity contribution in [1.82, 2.24) is 19.4 Å². The Bertz CT molecular complexity index is 1770. The fourth-order valence-corrected chi connectivity index (χ4v) is 6.04. The van der Waals surface area contributed by atoms with Crippen LogP contribution < -0.4 is 15.6 Å². The van der Waals surface area contributed by atoms with Crippen LogP contribution in [0.3, 0.4) is 0 Å². The number of carbonyl (C=O) groups is 1. The minimum Gasteiger partial charge on any atom is -0.477 e. The average molecular weight is 559 g/mol. The Balaban J connectivity index is 1.60. The van der Waals surface area contributed by atoms with Crippen LogP contribution in [-0.4, -0.2) is 84.0 Å². The number of fused-ring (bicyclic) bond motifs is 4. The molecule has 41 heavy (non-hydrogen) atoms. The van der Waals surface area contributed by atoms with Crippen molar-refractivity contribution in [3.63, 3.8) is 0 Å². The Labute approximate surface area is 236 Å². The number of aromatic nitrogens is 3. The van der Waals surface area contributed by atoms with Crippen LogP contribution in [0.5, 0.6) is 0 Å². The maximum atomic E-state index is 14.9. The second-order valence-corrected chi connectivity index (χ2v) is 10.8. The lowest BCUT2D eigenvalue weighted by Crippen LogP contribution is -2.46. The zero-order chi connectivity index (χ0) is 29.0. The topological polar surface area (TPSA) is 113 Å². The highest BCUT2D eigenvalue weighted by molar-refractivity contribution is 5.98. The quantitative estimate of drug-likeness (QED) is 0.324. The molecule has 1 aromatic carbocycles. The minimum absolute atomic E-state index is 0.0446. The molecule has 1 atom stereocenters. The van der Waals surface area contributed by atoms with E-state index in [4.69, 9.17) is 9.72 Å². The second kappa shape index (κ2) is 10.2. The lowest BCUT2D eigenvalue weighted by atomic mass is 9.97. The Morgan fingerprint density at radius 2 is 2.02 bits per heavy atom. The first-order chi connectivity index (χ1) is 19.7. The fourth-order valence-electron chi connectivity index (χ4n) is 6.04. The third kappa shape index (κ3) is 4.60. The number of nitrogens with zero attached hydrogens (tertiary/aromatic N) is 5. The van der Waals surface area contributed by atoms with Gasteiger partial charge in [0.2, 0.25) is 5.43 Å². The summed E-state index contributed by atoms with van der Waals surface area (Å²) in [5.41, 5.74) is 5.85. The first-order valence-corrected chi connectivity index (χ1v) is 13.4. The molecule has 4 aromatic rings. The van der Waals surface area contributed by atoms with Crippen molar-refractivity contribution in [3.05, 3.63) is 69.7 Å². The lowest BCUT2D eigenvalue weighted by molar-refractivity contribution is 0.0248. The van der Waals surface area contributed by atoms with Crippen LogP contribution in [0.2, 0.25) is 0 Å². The van der Waals surface area contributed by atoms with Gasteiger partial charge in [0, 0.05) is 81.1 Å². The van der Waals surface area contributed by atoms with Crippen LogP contribution in [0.1, 0.15) is 21.6 Å². The number of rotatable bonds is 6. The molecule has 2 aliphatic rings. The molecule has 212 valence electrons. The van der Waals surface area contributed by atoms with Crippen molar-refractivity contribution < 1.29 is 19.0 Å². The average Bonchev–Trinajstić information content (AvgIpc) is 3.32. The summed E-state index contributed by atoms with van der Waals surface area (Å²) in [6.07, 6.45) is 5.24. The molecule has 3 aromatic heterocycles. The third-order valence-corrected chi connectivity index (χ3v) is 7.81. The molecule has 10 nitrogen and oxygen atoms in total. The Morgan fingerprint density at radius 1 is 1.22 bits per heavy atom. The van der Waals surface area contributed by atoms with Gasteiger partial charge in [0.15, 0.2) is 0 Å². The van der Waals surface area contributed by atoms with E-state index in [-0.39, 0.29) is 22.9 Å². The summed E-state index contributed by atoms with van der Waals surface area (Å²) in [4.78, 5) is 38.6. The van der Waals surface area contributed by atoms with Gasteiger partial charge >= 0.3 is 5.97 Å². The van der Waals surface area contributed by atoms with Gasteiger partial charge in [0.25, 0.3) is 0 Å². The summed E-state index contributed by atoms with van der Waals surface area (Å²) < 4.78 is 22.5. The number of ether oxygens (including phenoxy) is 1. The first kappa shape index (κ1) is 26.9. The molecule has 1 fully saturated rings. The fraction of sp³-hybridized carbons (Fsp3) is 0.333. The number of aromatic carboxylic acids is 1. The molecular formula is C30H31FN6O4. The number of pyridine rings is 3. The molecule has 4 heterocycles. The lowest BCUT2D eigenvalue weighted by Gasteiger charge is -2.37. The van der Waals surface area contributed by atoms with Gasteiger partial charge in [-0.3, -0.25) is 9.78 Å². The van der Waals surface area contributed by atoms with Crippen molar-refractivity contribution in [2.24, 2.45) is 7.05 Å². The molecule has 11 heteroatoms. The van der Waals surface area contributed by atoms with Gasteiger partial charge in [-0.05, 0) is 43.4 Å². The van der Waals surface area contributed by atoms with E-state index in [0.717, 1.165) is 45.9 Å². The first-order valence-electron chi connectivity index (χ1n) is 13.4. The molecule has 0 spiro atoms. The second-order valence-electron chi connectivity index (χ2n) is 10.8. The normalized spacial score (nSPS) is 16.2. The van der Waals surface area contributed by atoms with E-state index in [9.17, 15) is 19.1 Å². The SMILES string of the molecule is CNc1cc(F)cc2c1Cc1ncc(-c3cnc4c(c3)c(=O)c(C(=O)O)cn4C)c(N3CCO[C@@H](CN(C)C)C3)c1-2. The van der Waals surface area contributed by atoms with Gasteiger partial charge in [0.1, 0.15) is 17.0 Å². The summed E-state index contributed by atoms with van der Waals surface area (Å²) >= 11 is 0. The predicted molar refractivity (Wildman–Crippen MR) is 155 cm³/mol. The Morgan fingerprint density at radius 3 is 2.76 bits per heavy atom. The van der Waals surface area contributed by atoms with E-state index in [1.165, 1.54) is 16.8 Å². The molecule has 1 aliphatic heterocycles. The summed E-state index contributed by atoms with van der Waals surface area (Å²) in [5.74, 6) is -1.64. The number of halogens is 1. The van der Waals surface area contributed by atoms with Gasteiger partial charge in [-0.1, -0.05) is 0 Å². The smallest absolute Gasteiger partial charge is 0.341 e. The zero-order valence-corrected chi connectivity index (χ0v) is 23.4. The highest BCUT2D eigenvalue weighted by Gasteiger charge is 2.33. The van der Waals surface area contributed by atoms with E-state index < -0.39 is 11.4 Å². The molecule has 0 amide bonds. The van der Waals surface area contributed by atoms with Crippen LogP contribution in [0, 0.1) is 5.82 Å². The molecule has 0 unspecified atom stereocenters. The van der Waals surface area contributed by atoms with E-state index in [1.807, 2.05) is 14.1 Å².